The Morgan fingerprint density at radius 1 is 1.24 bits per heavy atom. The van der Waals surface area contributed by atoms with Crippen molar-refractivity contribution in [2.24, 2.45) is 0 Å². The molecule has 1 rings (SSSR count). The van der Waals surface area contributed by atoms with Crippen LogP contribution in [0.5, 0.6) is 0 Å². The fraction of sp³-hybridized carbons (Fsp3) is 0.938. The zero-order valence-electron chi connectivity index (χ0n) is 15.4. The molecule has 0 N–H and O–H groups in total. The highest BCUT2D eigenvalue weighted by Crippen LogP contribution is 2.32. The number of hydrogen-bond acceptors (Lipinski definition) is 4. The first-order valence-corrected chi connectivity index (χ1v) is 7.96. The largest absolute Gasteiger partial charge is 0.453 e. The summed E-state index contributed by atoms with van der Waals surface area (Å²) in [6.07, 6.45) is 3.55. The standard InChI is InChI=1S/C10H21NO.C4H9NO2.C2H6/c1-4-10(9-12-3)7-6-8-11(10)5-2;1-5(2)4(6)7-3;1-2/h4-9H2,1-3H3;1-3H3;1-2H3. The van der Waals surface area contributed by atoms with Gasteiger partial charge in [-0.15, -0.1) is 0 Å². The second-order valence-electron chi connectivity index (χ2n) is 5.06. The number of hydrogen-bond donors (Lipinski definition) is 0. The van der Waals surface area contributed by atoms with Crippen LogP contribution in [0.25, 0.3) is 0 Å². The van der Waals surface area contributed by atoms with Gasteiger partial charge in [0.05, 0.1) is 13.7 Å². The van der Waals surface area contributed by atoms with Gasteiger partial charge < -0.3 is 14.4 Å². The van der Waals surface area contributed by atoms with Crippen molar-refractivity contribution in [1.82, 2.24) is 9.80 Å². The Morgan fingerprint density at radius 3 is 2.10 bits per heavy atom. The summed E-state index contributed by atoms with van der Waals surface area (Å²) in [5, 5.41) is 0. The van der Waals surface area contributed by atoms with Crippen molar-refractivity contribution in [2.75, 3.05) is 48.0 Å². The van der Waals surface area contributed by atoms with Crippen molar-refractivity contribution in [1.29, 1.82) is 0 Å². The van der Waals surface area contributed by atoms with Crippen LogP contribution in [0.15, 0.2) is 0 Å². The van der Waals surface area contributed by atoms with Gasteiger partial charge in [-0.2, -0.15) is 0 Å². The minimum absolute atomic E-state index is 0.319. The number of amides is 1. The highest BCUT2D eigenvalue weighted by molar-refractivity contribution is 5.66. The molecule has 5 nitrogen and oxygen atoms in total. The molecule has 1 atom stereocenters. The molecule has 1 amide bonds. The van der Waals surface area contributed by atoms with Crippen LogP contribution < -0.4 is 0 Å². The van der Waals surface area contributed by atoms with Gasteiger partial charge >= 0.3 is 6.09 Å². The quantitative estimate of drug-likeness (QED) is 0.799. The van der Waals surface area contributed by atoms with Gasteiger partial charge in [-0.3, -0.25) is 4.90 Å². The molecule has 1 aliphatic heterocycles. The van der Waals surface area contributed by atoms with Gasteiger partial charge in [0.2, 0.25) is 0 Å². The topological polar surface area (TPSA) is 42.0 Å². The molecule has 0 saturated carbocycles. The Hall–Kier alpha value is -0.810. The van der Waals surface area contributed by atoms with Crippen LogP contribution in [0, 0.1) is 0 Å². The molecule has 1 unspecified atom stereocenters. The predicted octanol–water partition coefficient (Wildman–Crippen LogP) is 3.24. The van der Waals surface area contributed by atoms with E-state index in [1.54, 1.807) is 14.1 Å². The van der Waals surface area contributed by atoms with Crippen molar-refractivity contribution < 1.29 is 14.3 Å². The molecular weight excluding hydrogens is 268 g/mol. The molecule has 0 bridgehead atoms. The summed E-state index contributed by atoms with van der Waals surface area (Å²) in [6.45, 7) is 11.8. The molecule has 21 heavy (non-hydrogen) atoms. The highest BCUT2D eigenvalue weighted by atomic mass is 16.5. The number of carbonyl (C=O) groups excluding carboxylic acids is 1. The molecule has 1 fully saturated rings. The lowest BCUT2D eigenvalue weighted by atomic mass is 9.94. The number of methoxy groups -OCH3 is 2. The lowest BCUT2D eigenvalue weighted by molar-refractivity contribution is 0.0381. The van der Waals surface area contributed by atoms with Gasteiger partial charge in [0.15, 0.2) is 0 Å². The summed E-state index contributed by atoms with van der Waals surface area (Å²) >= 11 is 0. The zero-order valence-corrected chi connectivity index (χ0v) is 15.4. The first kappa shape index (κ1) is 22.5. The van der Waals surface area contributed by atoms with E-state index in [-0.39, 0.29) is 6.09 Å². The average molecular weight is 304 g/mol. The fourth-order valence-corrected chi connectivity index (χ4v) is 2.60. The monoisotopic (exact) mass is 304 g/mol. The van der Waals surface area contributed by atoms with E-state index in [1.165, 1.54) is 37.8 Å². The predicted molar refractivity (Wildman–Crippen MR) is 88.8 cm³/mol. The Labute approximate surface area is 131 Å². The maximum absolute atomic E-state index is 10.2. The lowest BCUT2D eigenvalue weighted by Gasteiger charge is -2.36. The minimum Gasteiger partial charge on any atom is -0.453 e. The molecule has 0 aliphatic carbocycles. The molecule has 1 aliphatic rings. The first-order chi connectivity index (χ1) is 9.97. The van der Waals surface area contributed by atoms with E-state index >= 15 is 0 Å². The van der Waals surface area contributed by atoms with Crippen LogP contribution in [0.4, 0.5) is 4.79 Å². The van der Waals surface area contributed by atoms with E-state index in [4.69, 9.17) is 4.74 Å². The van der Waals surface area contributed by atoms with Crippen molar-refractivity contribution in [2.45, 2.75) is 52.5 Å². The van der Waals surface area contributed by atoms with E-state index in [0.29, 0.717) is 5.54 Å². The summed E-state index contributed by atoms with van der Waals surface area (Å²) in [5.74, 6) is 0. The first-order valence-electron chi connectivity index (χ1n) is 7.96. The number of ether oxygens (including phenoxy) is 2. The van der Waals surface area contributed by atoms with Gasteiger partial charge in [-0.1, -0.05) is 27.7 Å². The highest BCUT2D eigenvalue weighted by Gasteiger charge is 2.38. The molecule has 0 aromatic heterocycles. The average Bonchev–Trinajstić information content (AvgIpc) is 2.92. The van der Waals surface area contributed by atoms with Crippen molar-refractivity contribution in [3.05, 3.63) is 0 Å². The molecule has 5 heteroatoms. The van der Waals surface area contributed by atoms with Crippen molar-refractivity contribution >= 4 is 6.09 Å². The van der Waals surface area contributed by atoms with Gasteiger partial charge in [0, 0.05) is 26.7 Å². The number of likely N-dealkylation sites (tertiary alicyclic amines) is 1. The molecule has 0 spiro atoms. The molecule has 1 heterocycles. The SMILES string of the molecule is CC.CCN1CCCC1(CC)COC.COC(=O)N(C)C. The molecule has 1 saturated heterocycles. The number of carbonyl (C=O) groups is 1. The second-order valence-corrected chi connectivity index (χ2v) is 5.06. The Morgan fingerprint density at radius 2 is 1.81 bits per heavy atom. The second kappa shape index (κ2) is 12.9. The Balaban J connectivity index is 0. The zero-order chi connectivity index (χ0) is 16.9. The third-order valence-corrected chi connectivity index (χ3v) is 3.73. The Bertz CT molecular complexity index is 260. The number of rotatable bonds is 4. The maximum Gasteiger partial charge on any atom is 0.408 e. The third-order valence-electron chi connectivity index (χ3n) is 3.73. The number of likely N-dealkylation sites (N-methyl/N-ethyl adjacent to an activating group) is 1. The lowest BCUT2D eigenvalue weighted by Crippen LogP contribution is -2.46. The van der Waals surface area contributed by atoms with Gasteiger partial charge in [-0.25, -0.2) is 4.79 Å². The van der Waals surface area contributed by atoms with E-state index in [2.05, 4.69) is 23.5 Å². The molecular formula is C16H36N2O3. The van der Waals surface area contributed by atoms with E-state index in [1.807, 2.05) is 21.0 Å². The van der Waals surface area contributed by atoms with Crippen molar-refractivity contribution in [3.63, 3.8) is 0 Å². The molecule has 0 radical (unpaired) electrons. The third kappa shape index (κ3) is 7.67. The van der Waals surface area contributed by atoms with Gasteiger partial charge in [0.1, 0.15) is 0 Å². The summed E-state index contributed by atoms with van der Waals surface area (Å²) < 4.78 is 9.61. The number of nitrogens with zero attached hydrogens (tertiary/aromatic N) is 2. The molecule has 0 aromatic rings. The van der Waals surface area contributed by atoms with Crippen LogP contribution in [-0.4, -0.2) is 69.4 Å². The normalized spacial score (nSPS) is 20.8. The minimum atomic E-state index is -0.319. The summed E-state index contributed by atoms with van der Waals surface area (Å²) in [6, 6.07) is 0. The van der Waals surface area contributed by atoms with Crippen LogP contribution in [-0.2, 0) is 9.47 Å². The van der Waals surface area contributed by atoms with Crippen LogP contribution in [0.3, 0.4) is 0 Å². The smallest absolute Gasteiger partial charge is 0.408 e. The van der Waals surface area contributed by atoms with Gasteiger partial charge in [0.25, 0.3) is 0 Å². The van der Waals surface area contributed by atoms with Crippen LogP contribution in [0.1, 0.15) is 47.0 Å². The van der Waals surface area contributed by atoms with Gasteiger partial charge in [-0.05, 0) is 32.4 Å². The van der Waals surface area contributed by atoms with E-state index in [0.717, 1.165) is 13.2 Å². The van der Waals surface area contributed by atoms with Crippen LogP contribution in [0.2, 0.25) is 0 Å². The van der Waals surface area contributed by atoms with E-state index in [9.17, 15) is 4.79 Å². The van der Waals surface area contributed by atoms with Crippen molar-refractivity contribution in [3.8, 4) is 0 Å². The molecule has 128 valence electrons. The Kier molecular flexibility index (Phi) is 13.8. The van der Waals surface area contributed by atoms with E-state index < -0.39 is 0 Å². The molecule has 0 aromatic carbocycles. The summed E-state index contributed by atoms with van der Waals surface area (Å²) in [4.78, 5) is 14.1. The summed E-state index contributed by atoms with van der Waals surface area (Å²) in [7, 11) is 6.42. The fourth-order valence-electron chi connectivity index (χ4n) is 2.60. The van der Waals surface area contributed by atoms with Crippen LogP contribution >= 0.6 is 0 Å². The summed E-state index contributed by atoms with van der Waals surface area (Å²) in [5.41, 5.74) is 0.365. The maximum atomic E-state index is 10.2.